The van der Waals surface area contributed by atoms with Crippen molar-refractivity contribution in [2.75, 3.05) is 56.2 Å². The number of allylic oxidation sites excluding steroid dienone is 1. The number of hydrogen-bond donors (Lipinski definition) is 3. The fourth-order valence-corrected chi connectivity index (χ4v) is 9.74. The zero-order chi connectivity index (χ0) is 42.7. The van der Waals surface area contributed by atoms with Gasteiger partial charge in [0.1, 0.15) is 22.8 Å². The van der Waals surface area contributed by atoms with Crippen molar-refractivity contribution in [1.29, 1.82) is 0 Å². The Morgan fingerprint density at radius 2 is 1.84 bits per heavy atom. The number of nitrogens with zero attached hydrogens (tertiary/aromatic N) is 4. The van der Waals surface area contributed by atoms with Crippen LogP contribution in [0.4, 0.5) is 17.1 Å². The minimum Gasteiger partial charge on any atom is -0.455 e. The first-order valence-electron chi connectivity index (χ1n) is 20.8. The number of halogens is 1. The van der Waals surface area contributed by atoms with Crippen molar-refractivity contribution in [1.82, 2.24) is 19.6 Å². The molecule has 3 aromatic carbocycles. The van der Waals surface area contributed by atoms with Gasteiger partial charge in [0.25, 0.3) is 21.6 Å². The van der Waals surface area contributed by atoms with Crippen LogP contribution in [0.1, 0.15) is 61.9 Å². The molecule has 8 rings (SSSR count). The number of benzene rings is 3. The number of fused-ring (bicyclic) bond motifs is 1. The second-order valence-electron chi connectivity index (χ2n) is 16.4. The van der Waals surface area contributed by atoms with Gasteiger partial charge in [-0.1, -0.05) is 36.2 Å². The molecule has 5 aromatic rings. The van der Waals surface area contributed by atoms with Gasteiger partial charge in [0.05, 0.1) is 21.6 Å². The Labute approximate surface area is 360 Å². The molecule has 0 spiro atoms. The Bertz CT molecular complexity index is 2560. The number of rotatable bonds is 13. The van der Waals surface area contributed by atoms with Crippen LogP contribution in [0.5, 0.6) is 11.5 Å². The molecule has 2 atom stereocenters. The first kappa shape index (κ1) is 42.2. The van der Waals surface area contributed by atoms with E-state index in [1.165, 1.54) is 41.5 Å². The molecule has 16 heteroatoms. The minimum atomic E-state index is -4.56. The van der Waals surface area contributed by atoms with Gasteiger partial charge in [-0.15, -0.1) is 0 Å². The van der Waals surface area contributed by atoms with Crippen LogP contribution >= 0.6 is 11.6 Å². The van der Waals surface area contributed by atoms with Crippen LogP contribution in [0.3, 0.4) is 0 Å². The van der Waals surface area contributed by atoms with Crippen LogP contribution in [0, 0.1) is 22.0 Å². The molecule has 320 valence electrons. The molecule has 0 bridgehead atoms. The van der Waals surface area contributed by atoms with Crippen LogP contribution in [0.25, 0.3) is 16.6 Å². The van der Waals surface area contributed by atoms with Gasteiger partial charge in [0, 0.05) is 86.4 Å². The molecule has 0 saturated carbocycles. The van der Waals surface area contributed by atoms with Gasteiger partial charge in [-0.2, -0.15) is 0 Å². The van der Waals surface area contributed by atoms with Crippen molar-refractivity contribution in [2.45, 2.75) is 56.9 Å². The highest BCUT2D eigenvalue weighted by Crippen LogP contribution is 2.38. The number of ether oxygens (including phenoxy) is 2. The molecule has 2 aromatic heterocycles. The van der Waals surface area contributed by atoms with Crippen molar-refractivity contribution < 1.29 is 27.6 Å². The molecule has 2 aliphatic heterocycles. The molecule has 61 heavy (non-hydrogen) atoms. The Balaban J connectivity index is 1.02. The summed E-state index contributed by atoms with van der Waals surface area (Å²) in [5, 5.41) is 16.7. The summed E-state index contributed by atoms with van der Waals surface area (Å²) in [6.45, 7) is 9.46. The van der Waals surface area contributed by atoms with E-state index < -0.39 is 31.4 Å². The van der Waals surface area contributed by atoms with E-state index in [2.05, 4.69) is 55.8 Å². The number of pyridine rings is 1. The minimum absolute atomic E-state index is 0.0368. The second-order valence-corrected chi connectivity index (χ2v) is 18.5. The highest BCUT2D eigenvalue weighted by atomic mass is 35.5. The summed E-state index contributed by atoms with van der Waals surface area (Å²) in [5.41, 5.74) is 5.35. The van der Waals surface area contributed by atoms with Crippen molar-refractivity contribution >= 4 is 61.2 Å². The summed E-state index contributed by atoms with van der Waals surface area (Å²) in [5.74, 6) is 0.422. The largest absolute Gasteiger partial charge is 0.455 e. The molecule has 2 saturated heterocycles. The average Bonchev–Trinajstić information content (AvgIpc) is 3.72. The maximum atomic E-state index is 14.0. The topological polar surface area (TPSA) is 172 Å². The molecule has 14 nitrogen and oxygen atoms in total. The van der Waals surface area contributed by atoms with E-state index in [1.54, 1.807) is 30.5 Å². The third-order valence-electron chi connectivity index (χ3n) is 12.0. The predicted molar refractivity (Wildman–Crippen MR) is 237 cm³/mol. The quantitative estimate of drug-likeness (QED) is 0.0764. The van der Waals surface area contributed by atoms with E-state index in [4.69, 9.17) is 21.1 Å². The second kappa shape index (κ2) is 18.2. The Morgan fingerprint density at radius 1 is 1.03 bits per heavy atom. The summed E-state index contributed by atoms with van der Waals surface area (Å²) in [6, 6.07) is 20.6. The standard InChI is InChI=1S/C45H50ClN7O7S/c1-29-3-4-34(40(21-29)32-5-7-35(46)8-6-32)28-51-17-18-52(30(2)27-51)36-9-11-39(43(23-36)60-37-22-33-13-16-47-44(33)49-26-37)45(54)50-61(57,58)38-10-12-41(42(24-38)53(55)56)48-25-31-14-19-59-20-15-31/h5-13,16,22-24,26,29-31,48H,3-4,14-15,17-21,25,27-28H2,1-2H3,(H,47,49)(H,50,54)/t29-,30-/m1/s1. The van der Waals surface area contributed by atoms with Gasteiger partial charge in [-0.3, -0.25) is 19.8 Å². The number of carbonyl (C=O) groups excluding carboxylic acids is 1. The zero-order valence-electron chi connectivity index (χ0n) is 34.2. The van der Waals surface area contributed by atoms with Gasteiger partial charge in [-0.05, 0) is 111 Å². The molecule has 0 radical (unpaired) electrons. The van der Waals surface area contributed by atoms with E-state index in [0.717, 1.165) is 74.0 Å². The monoisotopic (exact) mass is 867 g/mol. The SMILES string of the molecule is C[C@@H]1CCC(CN2CCN(c3ccc(C(=O)NS(=O)(=O)c4ccc(NCC5CCOCC5)c([N+](=O)[O-])c4)c(Oc4cnc5[nH]ccc5c4)c3)[C@H](C)C2)=C(c2ccc(Cl)cc2)C1. The maximum Gasteiger partial charge on any atom is 0.293 e. The third-order valence-corrected chi connectivity index (χ3v) is 13.6. The number of nitro benzene ring substituents is 1. The number of carbonyl (C=O) groups is 1. The maximum absolute atomic E-state index is 14.0. The van der Waals surface area contributed by atoms with Crippen molar-refractivity contribution in [3.63, 3.8) is 0 Å². The van der Waals surface area contributed by atoms with E-state index in [0.29, 0.717) is 37.1 Å². The Hall–Kier alpha value is -5.48. The van der Waals surface area contributed by atoms with Crippen LogP contribution in [-0.4, -0.2) is 86.1 Å². The lowest BCUT2D eigenvalue weighted by molar-refractivity contribution is -0.384. The van der Waals surface area contributed by atoms with Crippen LogP contribution in [0.15, 0.2) is 95.7 Å². The number of amides is 1. The van der Waals surface area contributed by atoms with E-state index in [9.17, 15) is 23.3 Å². The molecule has 1 aliphatic carbocycles. The van der Waals surface area contributed by atoms with Crippen molar-refractivity contribution in [3.8, 4) is 11.5 Å². The van der Waals surface area contributed by atoms with Gasteiger partial charge in [0.15, 0.2) is 0 Å². The number of H-pyrrole nitrogens is 1. The molecule has 1 amide bonds. The lowest BCUT2D eigenvalue weighted by Crippen LogP contribution is -2.52. The van der Waals surface area contributed by atoms with E-state index in [-0.39, 0.29) is 29.0 Å². The third kappa shape index (κ3) is 9.86. The van der Waals surface area contributed by atoms with Crippen LogP contribution in [0.2, 0.25) is 5.02 Å². The predicted octanol–water partition coefficient (Wildman–Crippen LogP) is 8.66. The van der Waals surface area contributed by atoms with Gasteiger partial charge in [0.2, 0.25) is 0 Å². The summed E-state index contributed by atoms with van der Waals surface area (Å²) >= 11 is 6.23. The van der Waals surface area contributed by atoms with Gasteiger partial charge in [-0.25, -0.2) is 18.1 Å². The molecule has 4 heterocycles. The van der Waals surface area contributed by atoms with Crippen LogP contribution in [-0.2, 0) is 14.8 Å². The van der Waals surface area contributed by atoms with Gasteiger partial charge >= 0.3 is 0 Å². The summed E-state index contributed by atoms with van der Waals surface area (Å²) < 4.78 is 41.3. The Morgan fingerprint density at radius 3 is 2.61 bits per heavy atom. The van der Waals surface area contributed by atoms with Crippen molar-refractivity contribution in [3.05, 3.63) is 117 Å². The number of anilines is 2. The zero-order valence-corrected chi connectivity index (χ0v) is 35.8. The first-order valence-corrected chi connectivity index (χ1v) is 22.6. The lowest BCUT2D eigenvalue weighted by Gasteiger charge is -2.42. The van der Waals surface area contributed by atoms with Gasteiger partial charge < -0.3 is 24.7 Å². The highest BCUT2D eigenvalue weighted by molar-refractivity contribution is 7.90. The number of sulfonamides is 1. The summed E-state index contributed by atoms with van der Waals surface area (Å²) in [4.78, 5) is 37.2. The first-order chi connectivity index (χ1) is 29.4. The van der Waals surface area contributed by atoms with Crippen molar-refractivity contribution in [2.24, 2.45) is 11.8 Å². The molecular formula is C45H50ClN7O7S. The smallest absolute Gasteiger partial charge is 0.293 e. The number of hydrogen-bond acceptors (Lipinski definition) is 11. The van der Waals surface area contributed by atoms with Crippen LogP contribution < -0.4 is 19.7 Å². The molecule has 3 N–H and O–H groups in total. The van der Waals surface area contributed by atoms with E-state index in [1.807, 2.05) is 18.2 Å². The summed E-state index contributed by atoms with van der Waals surface area (Å²) in [6.07, 6.45) is 8.21. The number of aromatic amines is 1. The molecule has 2 fully saturated rings. The molecule has 0 unspecified atom stereocenters. The fraction of sp³-hybridized carbons (Fsp3) is 0.378. The fourth-order valence-electron chi connectivity index (χ4n) is 8.63. The number of nitro groups is 1. The number of piperazine rings is 1. The molecule has 3 aliphatic rings. The number of aromatic nitrogens is 2. The normalized spacial score (nSPS) is 19.2. The molecular weight excluding hydrogens is 818 g/mol. The lowest BCUT2D eigenvalue weighted by atomic mass is 9.81. The highest BCUT2D eigenvalue weighted by Gasteiger charge is 2.30. The van der Waals surface area contributed by atoms with E-state index >= 15 is 0 Å². The number of nitrogens with one attached hydrogen (secondary N) is 3. The summed E-state index contributed by atoms with van der Waals surface area (Å²) in [7, 11) is -4.56. The average molecular weight is 868 g/mol. The Kier molecular flexibility index (Phi) is 12.6.